The molecule has 1 N–H and O–H groups in total. The Bertz CT molecular complexity index is 1070. The fourth-order valence-corrected chi connectivity index (χ4v) is 6.23. The summed E-state index contributed by atoms with van der Waals surface area (Å²) >= 11 is 0. The number of fused-ring (bicyclic) bond motifs is 1. The monoisotopic (exact) mass is 456 g/mol. The van der Waals surface area contributed by atoms with Gasteiger partial charge in [-0.3, -0.25) is 4.79 Å². The molecule has 0 aromatic heterocycles. The van der Waals surface area contributed by atoms with Gasteiger partial charge >= 0.3 is 0 Å². The summed E-state index contributed by atoms with van der Waals surface area (Å²) < 4.78 is 32.7. The van der Waals surface area contributed by atoms with Crippen molar-refractivity contribution in [1.82, 2.24) is 9.62 Å². The number of ether oxygens (including phenoxy) is 1. The van der Waals surface area contributed by atoms with E-state index in [1.807, 2.05) is 6.92 Å². The van der Waals surface area contributed by atoms with Crippen molar-refractivity contribution < 1.29 is 17.9 Å². The van der Waals surface area contributed by atoms with Crippen LogP contribution in [0.2, 0.25) is 0 Å². The highest BCUT2D eigenvalue weighted by atomic mass is 32.2. The number of nitrogens with zero attached hydrogens (tertiary/aromatic N) is 1. The van der Waals surface area contributed by atoms with Crippen molar-refractivity contribution in [3.63, 3.8) is 0 Å². The molecule has 0 saturated carbocycles. The number of rotatable bonds is 6. The maximum Gasteiger partial charge on any atom is 0.243 e. The van der Waals surface area contributed by atoms with Crippen LogP contribution in [0.15, 0.2) is 47.4 Å². The molecular formula is C25H32N2O4S. The van der Waals surface area contributed by atoms with Crippen LogP contribution >= 0.6 is 0 Å². The molecule has 1 fully saturated rings. The Morgan fingerprint density at radius 3 is 2.50 bits per heavy atom. The van der Waals surface area contributed by atoms with Crippen molar-refractivity contribution >= 4 is 15.9 Å². The first-order valence-corrected chi connectivity index (χ1v) is 12.9. The van der Waals surface area contributed by atoms with Gasteiger partial charge in [0.05, 0.1) is 24.0 Å². The van der Waals surface area contributed by atoms with Crippen molar-refractivity contribution in [3.8, 4) is 5.75 Å². The Balaban J connectivity index is 1.41. The molecule has 1 saturated heterocycles. The fourth-order valence-electron chi connectivity index (χ4n) is 4.71. The van der Waals surface area contributed by atoms with Gasteiger partial charge in [0.15, 0.2) is 0 Å². The van der Waals surface area contributed by atoms with Crippen LogP contribution in [0, 0.1) is 5.92 Å². The van der Waals surface area contributed by atoms with Gasteiger partial charge in [-0.2, -0.15) is 4.31 Å². The fraction of sp³-hybridized carbons (Fsp3) is 0.480. The third-order valence-electron chi connectivity index (χ3n) is 6.68. The lowest BCUT2D eigenvalue weighted by Crippen LogP contribution is -2.45. The van der Waals surface area contributed by atoms with Crippen LogP contribution in [0.5, 0.6) is 5.75 Å². The van der Waals surface area contributed by atoms with Crippen LogP contribution < -0.4 is 10.1 Å². The van der Waals surface area contributed by atoms with Crippen LogP contribution in [0.25, 0.3) is 0 Å². The summed E-state index contributed by atoms with van der Waals surface area (Å²) in [5.74, 6) is 0.178. The second kappa shape index (κ2) is 9.63. The highest BCUT2D eigenvalue weighted by Gasteiger charge is 2.33. The van der Waals surface area contributed by atoms with E-state index in [9.17, 15) is 13.2 Å². The second-order valence-electron chi connectivity index (χ2n) is 8.84. The van der Waals surface area contributed by atoms with E-state index in [4.69, 9.17) is 4.74 Å². The predicted molar refractivity (Wildman–Crippen MR) is 124 cm³/mol. The van der Waals surface area contributed by atoms with E-state index < -0.39 is 10.0 Å². The van der Waals surface area contributed by atoms with Crippen molar-refractivity contribution in [2.24, 2.45) is 5.92 Å². The van der Waals surface area contributed by atoms with Crippen molar-refractivity contribution in [2.45, 2.75) is 56.4 Å². The van der Waals surface area contributed by atoms with Gasteiger partial charge in [0.2, 0.25) is 15.9 Å². The molecule has 0 radical (unpaired) electrons. The van der Waals surface area contributed by atoms with Gasteiger partial charge in [-0.1, -0.05) is 18.2 Å². The first-order chi connectivity index (χ1) is 15.4. The molecule has 1 aliphatic heterocycles. The summed E-state index contributed by atoms with van der Waals surface area (Å²) in [6, 6.07) is 12.8. The first-order valence-electron chi connectivity index (χ1n) is 11.4. The molecule has 0 bridgehead atoms. The Morgan fingerprint density at radius 1 is 1.06 bits per heavy atom. The second-order valence-corrected chi connectivity index (χ2v) is 10.8. The summed E-state index contributed by atoms with van der Waals surface area (Å²) in [7, 11) is -2.10. The van der Waals surface area contributed by atoms with E-state index in [0.717, 1.165) is 18.4 Å². The third kappa shape index (κ3) is 4.84. The zero-order valence-electron chi connectivity index (χ0n) is 18.8. The molecule has 0 spiro atoms. The summed E-state index contributed by atoms with van der Waals surface area (Å²) in [5.41, 5.74) is 3.92. The van der Waals surface area contributed by atoms with Crippen LogP contribution in [-0.2, 0) is 27.7 Å². The Kier molecular flexibility index (Phi) is 6.86. The largest absolute Gasteiger partial charge is 0.497 e. The average Bonchev–Trinajstić information content (AvgIpc) is 2.83. The minimum Gasteiger partial charge on any atom is -0.497 e. The van der Waals surface area contributed by atoms with Crippen molar-refractivity contribution in [3.05, 3.63) is 59.2 Å². The number of methoxy groups -OCH3 is 1. The zero-order chi connectivity index (χ0) is 22.7. The minimum absolute atomic E-state index is 0.0788. The van der Waals surface area contributed by atoms with E-state index in [0.29, 0.717) is 25.1 Å². The highest BCUT2D eigenvalue weighted by Crippen LogP contribution is 2.27. The van der Waals surface area contributed by atoms with Crippen molar-refractivity contribution in [1.29, 1.82) is 0 Å². The summed E-state index contributed by atoms with van der Waals surface area (Å²) in [6.07, 6.45) is 6.06. The molecule has 2 aromatic carbocycles. The molecule has 2 atom stereocenters. The minimum atomic E-state index is -3.65. The normalized spacial score (nSPS) is 20.2. The van der Waals surface area contributed by atoms with Crippen LogP contribution in [0.1, 0.15) is 55.3 Å². The van der Waals surface area contributed by atoms with Gasteiger partial charge in [0.25, 0.3) is 0 Å². The Hall–Kier alpha value is -2.38. The van der Waals surface area contributed by atoms with E-state index >= 15 is 0 Å². The van der Waals surface area contributed by atoms with E-state index in [-0.39, 0.29) is 29.3 Å². The molecule has 6 nitrogen and oxygen atoms in total. The average molecular weight is 457 g/mol. The quantitative estimate of drug-likeness (QED) is 0.716. The first kappa shape index (κ1) is 22.8. The number of sulfonamides is 1. The molecule has 32 heavy (non-hydrogen) atoms. The van der Waals surface area contributed by atoms with E-state index in [1.54, 1.807) is 31.4 Å². The number of benzene rings is 2. The maximum atomic E-state index is 13.1. The van der Waals surface area contributed by atoms with Gasteiger partial charge in [-0.05, 0) is 86.4 Å². The van der Waals surface area contributed by atoms with E-state index in [2.05, 4.69) is 23.5 Å². The summed E-state index contributed by atoms with van der Waals surface area (Å²) in [4.78, 5) is 13.2. The number of piperidine rings is 1. The maximum absolute atomic E-state index is 13.1. The number of hydrogen-bond acceptors (Lipinski definition) is 4. The summed E-state index contributed by atoms with van der Waals surface area (Å²) in [5, 5.41) is 3.12. The molecule has 1 heterocycles. The standard InChI is InChI=1S/C25H32N2O4S/c1-18(20-10-9-19-6-3-4-7-21(19)16-20)26-25(28)22-8-5-15-27(17-22)32(29,30)24-13-11-23(31-2)12-14-24/h9-14,16,18,22H,3-8,15,17H2,1-2H3,(H,26,28)/t18-,22-/m1/s1. The smallest absolute Gasteiger partial charge is 0.243 e. The Morgan fingerprint density at radius 2 is 1.78 bits per heavy atom. The molecule has 2 aromatic rings. The number of nitrogens with one attached hydrogen (secondary N) is 1. The zero-order valence-corrected chi connectivity index (χ0v) is 19.7. The van der Waals surface area contributed by atoms with Gasteiger partial charge in [-0.25, -0.2) is 8.42 Å². The number of carbonyl (C=O) groups excluding carboxylic acids is 1. The van der Waals surface area contributed by atoms with E-state index in [1.165, 1.54) is 28.3 Å². The van der Waals surface area contributed by atoms with Gasteiger partial charge < -0.3 is 10.1 Å². The third-order valence-corrected chi connectivity index (χ3v) is 8.56. The molecule has 2 aliphatic rings. The van der Waals surface area contributed by atoms with Gasteiger partial charge in [0.1, 0.15) is 5.75 Å². The molecule has 1 amide bonds. The lowest BCUT2D eigenvalue weighted by atomic mass is 9.89. The van der Waals surface area contributed by atoms with Crippen LogP contribution in [-0.4, -0.2) is 38.8 Å². The molecular weight excluding hydrogens is 424 g/mol. The topological polar surface area (TPSA) is 75.7 Å². The lowest BCUT2D eigenvalue weighted by molar-refractivity contribution is -0.126. The van der Waals surface area contributed by atoms with Crippen LogP contribution in [0.4, 0.5) is 0 Å². The number of amides is 1. The molecule has 0 unspecified atom stereocenters. The SMILES string of the molecule is COc1ccc(S(=O)(=O)N2CCC[C@@H](C(=O)N[C@H](C)c3ccc4c(c3)CCCC4)C2)cc1. The van der Waals surface area contributed by atoms with Gasteiger partial charge in [0, 0.05) is 13.1 Å². The predicted octanol–water partition coefficient (Wildman–Crippen LogP) is 3.85. The molecule has 7 heteroatoms. The molecule has 1 aliphatic carbocycles. The molecule has 172 valence electrons. The summed E-state index contributed by atoms with van der Waals surface area (Å²) in [6.45, 7) is 2.63. The number of aryl methyl sites for hydroxylation is 2. The Labute approximate surface area is 191 Å². The highest BCUT2D eigenvalue weighted by molar-refractivity contribution is 7.89. The van der Waals surface area contributed by atoms with Crippen molar-refractivity contribution in [2.75, 3.05) is 20.2 Å². The number of carbonyl (C=O) groups is 1. The lowest BCUT2D eigenvalue weighted by Gasteiger charge is -2.32. The molecule has 4 rings (SSSR count). The number of hydrogen-bond donors (Lipinski definition) is 1. The van der Waals surface area contributed by atoms with Crippen LogP contribution in [0.3, 0.4) is 0 Å². The van der Waals surface area contributed by atoms with Gasteiger partial charge in [-0.15, -0.1) is 0 Å².